The van der Waals surface area contributed by atoms with Crippen molar-refractivity contribution in [3.05, 3.63) is 61.2 Å². The molecule has 0 radical (unpaired) electrons. The van der Waals surface area contributed by atoms with E-state index in [-0.39, 0.29) is 0 Å². The Hall–Kier alpha value is -1.08. The van der Waals surface area contributed by atoms with Gasteiger partial charge in [0.25, 0.3) is 0 Å². The summed E-state index contributed by atoms with van der Waals surface area (Å²) in [5, 5.41) is 0. The van der Waals surface area contributed by atoms with E-state index < -0.39 is 21.2 Å². The Morgan fingerprint density at radius 1 is 0.657 bits per heavy atom. The molecule has 0 saturated heterocycles. The van der Waals surface area contributed by atoms with Gasteiger partial charge in [0.15, 0.2) is 24.8 Å². The molecule has 0 aliphatic heterocycles. The molecule has 2 aromatic heterocycles. The molecule has 2 rings (SSSR count). The molecule has 0 saturated carbocycles. The van der Waals surface area contributed by atoms with E-state index in [1.165, 1.54) is 64.5 Å². The minimum absolute atomic E-state index is 1.17. The summed E-state index contributed by atoms with van der Waals surface area (Å²) in [6.07, 6.45) is 19.2. The molecule has 2 atom stereocenters. The third-order valence-electron chi connectivity index (χ3n) is 4.46. The zero-order chi connectivity index (χ0) is 26.4. The predicted molar refractivity (Wildman–Crippen MR) is 133 cm³/mol. The fourth-order valence-corrected chi connectivity index (χ4v) is 3.96. The van der Waals surface area contributed by atoms with Gasteiger partial charge in [-0.25, -0.2) is 9.13 Å². The zero-order valence-corrected chi connectivity index (χ0v) is 23.6. The Balaban J connectivity index is 0.000000496. The van der Waals surface area contributed by atoms with Crippen LogP contribution in [0.25, 0.3) is 0 Å². The molecule has 0 aliphatic rings. The Morgan fingerprint density at radius 2 is 1.00 bits per heavy atom. The molecule has 2 unspecified atom stereocenters. The third kappa shape index (κ3) is 23.1. The van der Waals surface area contributed by atoms with Gasteiger partial charge < -0.3 is 9.79 Å². The average molecular weight is 569 g/mol. The fourth-order valence-electron chi connectivity index (χ4n) is 2.80. The van der Waals surface area contributed by atoms with Gasteiger partial charge in [-0.05, 0) is 45.2 Å². The summed E-state index contributed by atoms with van der Waals surface area (Å²) in [7, 11) is -6.75. The Bertz CT molecular complexity index is 740. The van der Waals surface area contributed by atoms with Gasteiger partial charge in [-0.3, -0.25) is 0 Å². The van der Waals surface area contributed by atoms with Crippen LogP contribution in [-0.2, 0) is 31.3 Å². The number of aromatic nitrogens is 2. The first kappa shape index (κ1) is 33.9. The van der Waals surface area contributed by atoms with Crippen molar-refractivity contribution < 1.29 is 37.1 Å². The SMILES string of the molecule is CCCCCC[n+]1ccccc1.CCCCCC[n+]1ccccc1.O=[P+]([O-])OC(Cl)(Cl)O[P+](=O)[O-]. The lowest BCUT2D eigenvalue weighted by Crippen LogP contribution is -2.32. The van der Waals surface area contributed by atoms with E-state index in [2.05, 4.69) is 93.2 Å². The van der Waals surface area contributed by atoms with E-state index in [1.807, 2.05) is 0 Å². The van der Waals surface area contributed by atoms with Gasteiger partial charge in [-0.2, -0.15) is 0 Å². The molecule has 0 N–H and O–H groups in total. The fraction of sp³-hybridized carbons (Fsp3) is 0.565. The number of hydrogen-bond donors (Lipinski definition) is 0. The summed E-state index contributed by atoms with van der Waals surface area (Å²) >= 11 is 9.76. The standard InChI is InChI=1S/2C11H18N.CCl2O6P2/c2*1-2-3-4-6-9-12-10-7-5-8-11-12;2-1(3,8-10(4)5)9-11(6)7/h2*5,7-8,10-11H,2-4,6,9H2,1H3;/q2*+1;. The van der Waals surface area contributed by atoms with Crippen LogP contribution in [0.5, 0.6) is 0 Å². The molecule has 0 amide bonds. The summed E-state index contributed by atoms with van der Waals surface area (Å²) in [6.45, 7) is 6.83. The van der Waals surface area contributed by atoms with Crippen molar-refractivity contribution >= 4 is 39.7 Å². The van der Waals surface area contributed by atoms with Crippen molar-refractivity contribution in [2.75, 3.05) is 0 Å². The summed E-state index contributed by atoms with van der Waals surface area (Å²) in [5.74, 6) is 0. The van der Waals surface area contributed by atoms with E-state index in [4.69, 9.17) is 23.2 Å². The number of alkyl halides is 2. The molecule has 0 bridgehead atoms. The van der Waals surface area contributed by atoms with Gasteiger partial charge in [-0.1, -0.05) is 60.7 Å². The van der Waals surface area contributed by atoms with E-state index >= 15 is 0 Å². The molecule has 0 spiro atoms. The normalized spacial score (nSPS) is 11.5. The van der Waals surface area contributed by atoms with Gasteiger partial charge in [0.05, 0.1) is 0 Å². The Labute approximate surface area is 220 Å². The van der Waals surface area contributed by atoms with Crippen LogP contribution in [0.4, 0.5) is 0 Å². The molecule has 2 aromatic rings. The topological polar surface area (TPSA) is 106 Å². The lowest BCUT2D eigenvalue weighted by atomic mass is 10.2. The first-order valence-corrected chi connectivity index (χ1v) is 14.6. The second kappa shape index (κ2) is 22.1. The average Bonchev–Trinajstić information content (AvgIpc) is 2.80. The third-order valence-corrected chi connectivity index (χ3v) is 6.01. The minimum atomic E-state index is -3.38. The van der Waals surface area contributed by atoms with Crippen molar-refractivity contribution in [2.45, 2.75) is 83.0 Å². The molecule has 8 nitrogen and oxygen atoms in total. The number of pyridine rings is 2. The molecule has 196 valence electrons. The number of nitrogens with zero attached hydrogens (tertiary/aromatic N) is 2. The quantitative estimate of drug-likeness (QED) is 0.101. The van der Waals surface area contributed by atoms with Crippen molar-refractivity contribution in [3.8, 4) is 0 Å². The maximum absolute atomic E-state index is 9.77. The molecule has 12 heteroatoms. The largest absolute Gasteiger partial charge is 0.566 e. The molecule has 0 fully saturated rings. The number of aryl methyl sites for hydroxylation is 2. The van der Waals surface area contributed by atoms with E-state index in [1.54, 1.807) is 0 Å². The second-order valence-corrected chi connectivity index (χ2v) is 9.89. The van der Waals surface area contributed by atoms with Crippen LogP contribution >= 0.6 is 39.7 Å². The first-order chi connectivity index (χ1) is 16.7. The number of hydrogen-bond acceptors (Lipinski definition) is 6. The monoisotopic (exact) mass is 568 g/mol. The Morgan fingerprint density at radius 3 is 1.29 bits per heavy atom. The lowest BCUT2D eigenvalue weighted by Gasteiger charge is -2.04. The highest BCUT2D eigenvalue weighted by molar-refractivity contribution is 7.31. The first-order valence-electron chi connectivity index (χ1n) is 11.6. The maximum Gasteiger partial charge on any atom is 0.494 e. The second-order valence-electron chi connectivity index (χ2n) is 7.44. The van der Waals surface area contributed by atoms with Gasteiger partial charge in [0.1, 0.15) is 13.1 Å². The van der Waals surface area contributed by atoms with Gasteiger partial charge in [0, 0.05) is 37.1 Å². The number of unbranched alkanes of at least 4 members (excludes halogenated alkanes) is 6. The van der Waals surface area contributed by atoms with Crippen LogP contribution in [0.1, 0.15) is 65.2 Å². The highest BCUT2D eigenvalue weighted by Gasteiger charge is 2.40. The molecule has 2 heterocycles. The van der Waals surface area contributed by atoms with Crippen molar-refractivity contribution in [2.24, 2.45) is 0 Å². The van der Waals surface area contributed by atoms with E-state index in [0.29, 0.717) is 0 Å². The van der Waals surface area contributed by atoms with Crippen molar-refractivity contribution in [1.82, 2.24) is 0 Å². The predicted octanol–water partition coefficient (Wildman–Crippen LogP) is 5.25. The smallest absolute Gasteiger partial charge is 0.494 e. The highest BCUT2D eigenvalue weighted by Crippen LogP contribution is 2.37. The summed E-state index contributed by atoms with van der Waals surface area (Å²) in [5.41, 5.74) is 0. The maximum atomic E-state index is 9.77. The number of halogens is 2. The van der Waals surface area contributed by atoms with Crippen LogP contribution in [0, 0.1) is 0 Å². The van der Waals surface area contributed by atoms with Crippen LogP contribution in [0.15, 0.2) is 61.2 Å². The van der Waals surface area contributed by atoms with Gasteiger partial charge >= 0.3 is 21.2 Å². The lowest BCUT2D eigenvalue weighted by molar-refractivity contribution is -0.697. The van der Waals surface area contributed by atoms with Crippen LogP contribution in [0.2, 0.25) is 0 Å². The Kier molecular flexibility index (Phi) is 21.5. The van der Waals surface area contributed by atoms with E-state index in [9.17, 15) is 18.9 Å². The molecular weight excluding hydrogens is 533 g/mol. The minimum Gasteiger partial charge on any atom is -0.566 e. The van der Waals surface area contributed by atoms with E-state index in [0.717, 1.165) is 0 Å². The van der Waals surface area contributed by atoms with Gasteiger partial charge in [-0.15, -0.1) is 0 Å². The zero-order valence-electron chi connectivity index (χ0n) is 20.3. The summed E-state index contributed by atoms with van der Waals surface area (Å²) in [6, 6.07) is 12.4. The summed E-state index contributed by atoms with van der Waals surface area (Å²) < 4.78 is 28.6. The van der Waals surface area contributed by atoms with Crippen LogP contribution in [-0.4, -0.2) is 4.71 Å². The van der Waals surface area contributed by atoms with Crippen LogP contribution in [0.3, 0.4) is 0 Å². The van der Waals surface area contributed by atoms with Gasteiger partial charge in [0.2, 0.25) is 0 Å². The van der Waals surface area contributed by atoms with Crippen LogP contribution < -0.4 is 18.9 Å². The molecule has 0 aliphatic carbocycles. The van der Waals surface area contributed by atoms with Crippen molar-refractivity contribution in [1.29, 1.82) is 0 Å². The highest BCUT2D eigenvalue weighted by atomic mass is 35.5. The molecule has 35 heavy (non-hydrogen) atoms. The van der Waals surface area contributed by atoms with Crippen molar-refractivity contribution in [3.63, 3.8) is 0 Å². The summed E-state index contributed by atoms with van der Waals surface area (Å²) in [4.78, 5) is 19.5. The molecule has 0 aromatic carbocycles. The molecular formula is C23H36Cl2N2O6P2+2. The number of rotatable bonds is 14.